The van der Waals surface area contributed by atoms with E-state index in [-0.39, 0.29) is 24.0 Å². The first-order chi connectivity index (χ1) is 11.8. The van der Waals surface area contributed by atoms with Crippen LogP contribution in [0.5, 0.6) is 5.75 Å². The van der Waals surface area contributed by atoms with E-state index in [2.05, 4.69) is 39.7 Å². The molecule has 2 rings (SSSR count). The van der Waals surface area contributed by atoms with Gasteiger partial charge in [-0.05, 0) is 36.2 Å². The summed E-state index contributed by atoms with van der Waals surface area (Å²) >= 11 is 0. The summed E-state index contributed by atoms with van der Waals surface area (Å²) < 4.78 is 5.66. The number of nitrogens with one attached hydrogen (secondary N) is 2. The molecule has 0 saturated heterocycles. The van der Waals surface area contributed by atoms with Crippen LogP contribution in [0.15, 0.2) is 53.7 Å². The number of benzene rings is 1. The minimum atomic E-state index is 0. The summed E-state index contributed by atoms with van der Waals surface area (Å²) in [6, 6.07) is 14.1. The van der Waals surface area contributed by atoms with Crippen molar-refractivity contribution in [1.29, 1.82) is 0 Å². The van der Waals surface area contributed by atoms with Gasteiger partial charge in [-0.2, -0.15) is 0 Å². The average Bonchev–Trinajstić information content (AvgIpc) is 2.64. The van der Waals surface area contributed by atoms with Crippen molar-refractivity contribution in [2.75, 3.05) is 20.2 Å². The first-order valence-electron chi connectivity index (χ1n) is 8.38. The van der Waals surface area contributed by atoms with Crippen LogP contribution in [-0.4, -0.2) is 31.1 Å². The fourth-order valence-electron chi connectivity index (χ4n) is 2.23. The molecule has 0 unspecified atom stereocenters. The van der Waals surface area contributed by atoms with E-state index >= 15 is 0 Å². The second-order valence-electron chi connectivity index (χ2n) is 5.42. The van der Waals surface area contributed by atoms with Crippen molar-refractivity contribution >= 4 is 29.9 Å². The van der Waals surface area contributed by atoms with Crippen LogP contribution in [0.4, 0.5) is 0 Å². The zero-order valence-corrected chi connectivity index (χ0v) is 17.2. The second kappa shape index (κ2) is 12.5. The fraction of sp³-hybridized carbons (Fsp3) is 0.368. The van der Waals surface area contributed by atoms with Gasteiger partial charge in [0.1, 0.15) is 5.75 Å². The van der Waals surface area contributed by atoms with Crippen LogP contribution >= 0.6 is 24.0 Å². The summed E-state index contributed by atoms with van der Waals surface area (Å²) in [5.74, 6) is 1.69. The fourth-order valence-corrected chi connectivity index (χ4v) is 2.23. The first kappa shape index (κ1) is 21.2. The number of hydrogen-bond acceptors (Lipinski definition) is 3. The predicted molar refractivity (Wildman–Crippen MR) is 114 cm³/mol. The van der Waals surface area contributed by atoms with Gasteiger partial charge < -0.3 is 15.4 Å². The quantitative estimate of drug-likeness (QED) is 0.365. The Morgan fingerprint density at radius 2 is 2.04 bits per heavy atom. The van der Waals surface area contributed by atoms with Crippen molar-refractivity contribution in [3.05, 3.63) is 59.9 Å². The van der Waals surface area contributed by atoms with Crippen molar-refractivity contribution in [2.24, 2.45) is 4.99 Å². The summed E-state index contributed by atoms with van der Waals surface area (Å²) in [6.45, 7) is 4.34. The Hall–Kier alpha value is -1.83. The van der Waals surface area contributed by atoms with Gasteiger partial charge in [0.25, 0.3) is 0 Å². The van der Waals surface area contributed by atoms with E-state index < -0.39 is 0 Å². The maximum absolute atomic E-state index is 5.66. The Balaban J connectivity index is 0.00000312. The highest BCUT2D eigenvalue weighted by Crippen LogP contribution is 2.13. The molecule has 2 N–H and O–H groups in total. The van der Waals surface area contributed by atoms with Gasteiger partial charge in [-0.3, -0.25) is 9.98 Å². The van der Waals surface area contributed by atoms with Crippen LogP contribution in [0, 0.1) is 0 Å². The highest BCUT2D eigenvalue weighted by atomic mass is 127. The van der Waals surface area contributed by atoms with Gasteiger partial charge in [-0.25, -0.2) is 0 Å². The zero-order valence-electron chi connectivity index (χ0n) is 14.9. The number of guanidine groups is 1. The van der Waals surface area contributed by atoms with Crippen molar-refractivity contribution in [2.45, 2.75) is 26.3 Å². The Kier molecular flexibility index (Phi) is 10.6. The van der Waals surface area contributed by atoms with Gasteiger partial charge in [-0.1, -0.05) is 25.1 Å². The van der Waals surface area contributed by atoms with E-state index in [1.165, 1.54) is 0 Å². The Morgan fingerprint density at radius 3 is 2.76 bits per heavy atom. The molecule has 0 aliphatic rings. The molecular formula is C19H27IN4O. The molecule has 1 aromatic carbocycles. The van der Waals surface area contributed by atoms with Crippen molar-refractivity contribution in [1.82, 2.24) is 15.6 Å². The smallest absolute Gasteiger partial charge is 0.191 e. The maximum Gasteiger partial charge on any atom is 0.191 e. The third-order valence-corrected chi connectivity index (χ3v) is 3.45. The standard InChI is InChI=1S/C19H26N4O.HI/c1-3-13-24-18-9-6-7-16(14-18)15-23-19(20-2)22-12-10-17-8-4-5-11-21-17;/h4-9,11,14H,3,10,12-13,15H2,1-2H3,(H2,20,22,23);1H. The highest BCUT2D eigenvalue weighted by Gasteiger charge is 2.01. The van der Waals surface area contributed by atoms with Gasteiger partial charge in [0.2, 0.25) is 0 Å². The average molecular weight is 454 g/mol. The lowest BCUT2D eigenvalue weighted by molar-refractivity contribution is 0.317. The van der Waals surface area contributed by atoms with Crippen LogP contribution in [0.25, 0.3) is 0 Å². The second-order valence-corrected chi connectivity index (χ2v) is 5.42. The van der Waals surface area contributed by atoms with Crippen LogP contribution < -0.4 is 15.4 Å². The topological polar surface area (TPSA) is 58.5 Å². The number of rotatable bonds is 8. The van der Waals surface area contributed by atoms with Gasteiger partial charge in [0.15, 0.2) is 5.96 Å². The van der Waals surface area contributed by atoms with Crippen LogP contribution in [0.3, 0.4) is 0 Å². The molecule has 0 bridgehead atoms. The number of aromatic nitrogens is 1. The minimum Gasteiger partial charge on any atom is -0.494 e. The third-order valence-electron chi connectivity index (χ3n) is 3.45. The van der Waals surface area contributed by atoms with Crippen molar-refractivity contribution < 1.29 is 4.74 Å². The maximum atomic E-state index is 5.66. The van der Waals surface area contributed by atoms with E-state index in [0.717, 1.165) is 49.0 Å². The Morgan fingerprint density at radius 1 is 1.16 bits per heavy atom. The molecule has 5 nitrogen and oxygen atoms in total. The zero-order chi connectivity index (χ0) is 17.0. The number of ether oxygens (including phenoxy) is 1. The van der Waals surface area contributed by atoms with Gasteiger partial charge in [0, 0.05) is 38.4 Å². The molecule has 0 radical (unpaired) electrons. The van der Waals surface area contributed by atoms with Gasteiger partial charge in [0.05, 0.1) is 6.61 Å². The normalized spacial score (nSPS) is 10.7. The van der Waals surface area contributed by atoms with Crippen molar-refractivity contribution in [3.63, 3.8) is 0 Å². The molecule has 0 saturated carbocycles. The largest absolute Gasteiger partial charge is 0.494 e. The molecule has 0 aliphatic carbocycles. The van der Waals surface area contributed by atoms with Crippen LogP contribution in [0.1, 0.15) is 24.6 Å². The van der Waals surface area contributed by atoms with E-state index in [1.54, 1.807) is 7.05 Å². The van der Waals surface area contributed by atoms with Gasteiger partial charge >= 0.3 is 0 Å². The van der Waals surface area contributed by atoms with Crippen LogP contribution in [0.2, 0.25) is 0 Å². The van der Waals surface area contributed by atoms with E-state index in [0.29, 0.717) is 6.54 Å². The lowest BCUT2D eigenvalue weighted by Crippen LogP contribution is -2.37. The molecule has 0 spiro atoms. The molecule has 136 valence electrons. The number of aliphatic imine (C=N–C) groups is 1. The van der Waals surface area contributed by atoms with Crippen LogP contribution in [-0.2, 0) is 13.0 Å². The molecule has 0 fully saturated rings. The number of nitrogens with zero attached hydrogens (tertiary/aromatic N) is 2. The molecule has 0 aliphatic heterocycles. The summed E-state index contributed by atoms with van der Waals surface area (Å²) in [6.07, 6.45) is 3.69. The Labute approximate surface area is 167 Å². The molecule has 2 aromatic rings. The number of hydrogen-bond donors (Lipinski definition) is 2. The lowest BCUT2D eigenvalue weighted by atomic mass is 10.2. The van der Waals surface area contributed by atoms with Gasteiger partial charge in [-0.15, -0.1) is 24.0 Å². The summed E-state index contributed by atoms with van der Waals surface area (Å²) in [5.41, 5.74) is 2.23. The van der Waals surface area contributed by atoms with Crippen molar-refractivity contribution in [3.8, 4) is 5.75 Å². The molecule has 0 amide bonds. The lowest BCUT2D eigenvalue weighted by Gasteiger charge is -2.12. The summed E-state index contributed by atoms with van der Waals surface area (Å²) in [4.78, 5) is 8.56. The summed E-state index contributed by atoms with van der Waals surface area (Å²) in [5, 5.41) is 6.62. The summed E-state index contributed by atoms with van der Waals surface area (Å²) in [7, 11) is 1.77. The molecule has 6 heteroatoms. The number of pyridine rings is 1. The molecule has 1 aromatic heterocycles. The third kappa shape index (κ3) is 8.20. The first-order valence-corrected chi connectivity index (χ1v) is 8.38. The highest BCUT2D eigenvalue weighted by molar-refractivity contribution is 14.0. The Bertz CT molecular complexity index is 634. The molecular weight excluding hydrogens is 427 g/mol. The number of halogens is 1. The van der Waals surface area contributed by atoms with E-state index in [9.17, 15) is 0 Å². The molecule has 0 atom stereocenters. The minimum absolute atomic E-state index is 0. The SMILES string of the molecule is CCCOc1cccc(CNC(=NC)NCCc2ccccn2)c1.I. The monoisotopic (exact) mass is 454 g/mol. The molecule has 1 heterocycles. The molecule has 25 heavy (non-hydrogen) atoms. The van der Waals surface area contributed by atoms with E-state index in [4.69, 9.17) is 4.74 Å². The van der Waals surface area contributed by atoms with E-state index in [1.807, 2.05) is 36.5 Å². The predicted octanol–water partition coefficient (Wildman–Crippen LogP) is 3.40.